The Labute approximate surface area is 112 Å². The largest absolute Gasteiger partial charge is 0.357 e. The Hall–Kier alpha value is -0.730. The average Bonchev–Trinajstić information content (AvgIpc) is 3.03. The monoisotopic (exact) mass is 251 g/mol. The van der Waals surface area contributed by atoms with Crippen molar-refractivity contribution in [3.8, 4) is 0 Å². The van der Waals surface area contributed by atoms with Crippen molar-refractivity contribution >= 4 is 5.96 Å². The molecule has 0 bridgehead atoms. The molecule has 1 aliphatic heterocycles. The van der Waals surface area contributed by atoms with E-state index in [9.17, 15) is 0 Å². The zero-order chi connectivity index (χ0) is 13.0. The Morgan fingerprint density at radius 3 is 2.67 bits per heavy atom. The fourth-order valence-electron chi connectivity index (χ4n) is 2.83. The predicted molar refractivity (Wildman–Crippen MR) is 77.8 cm³/mol. The van der Waals surface area contributed by atoms with E-state index < -0.39 is 0 Å². The van der Waals surface area contributed by atoms with Crippen molar-refractivity contribution in [2.75, 3.05) is 26.2 Å². The van der Waals surface area contributed by atoms with Gasteiger partial charge in [-0.15, -0.1) is 0 Å². The first kappa shape index (κ1) is 13.7. The van der Waals surface area contributed by atoms with Crippen LogP contribution in [0.15, 0.2) is 4.99 Å². The number of likely N-dealkylation sites (tertiary alicyclic amines) is 1. The Bertz CT molecular complexity index is 281. The van der Waals surface area contributed by atoms with Crippen LogP contribution in [0.25, 0.3) is 0 Å². The molecule has 0 aromatic carbocycles. The van der Waals surface area contributed by atoms with Gasteiger partial charge in [0.05, 0.1) is 0 Å². The molecule has 104 valence electrons. The molecule has 2 fully saturated rings. The quantitative estimate of drug-likeness (QED) is 0.601. The van der Waals surface area contributed by atoms with Crippen molar-refractivity contribution < 1.29 is 0 Å². The normalized spacial score (nSPS) is 25.0. The first-order valence-corrected chi connectivity index (χ1v) is 7.72. The van der Waals surface area contributed by atoms with Gasteiger partial charge in [-0.3, -0.25) is 4.99 Å². The summed E-state index contributed by atoms with van der Waals surface area (Å²) in [6, 6.07) is 0. The van der Waals surface area contributed by atoms with Gasteiger partial charge in [-0.25, -0.2) is 0 Å². The second kappa shape index (κ2) is 6.44. The van der Waals surface area contributed by atoms with E-state index in [4.69, 9.17) is 4.99 Å². The Kier molecular flexibility index (Phi) is 4.90. The minimum atomic E-state index is 0.820. The highest BCUT2D eigenvalue weighted by Gasteiger charge is 2.26. The Morgan fingerprint density at radius 1 is 1.28 bits per heavy atom. The third-order valence-electron chi connectivity index (χ3n) is 3.92. The molecular weight excluding hydrogens is 222 g/mol. The van der Waals surface area contributed by atoms with Gasteiger partial charge in [0.15, 0.2) is 5.96 Å². The van der Waals surface area contributed by atoms with Gasteiger partial charge < -0.3 is 10.2 Å². The summed E-state index contributed by atoms with van der Waals surface area (Å²) in [6.45, 7) is 11.2. The van der Waals surface area contributed by atoms with Gasteiger partial charge in [0.25, 0.3) is 0 Å². The van der Waals surface area contributed by atoms with Crippen molar-refractivity contribution in [3.63, 3.8) is 0 Å². The van der Waals surface area contributed by atoms with Crippen LogP contribution in [0.2, 0.25) is 0 Å². The summed E-state index contributed by atoms with van der Waals surface area (Å²) in [6.07, 6.45) is 5.47. The minimum absolute atomic E-state index is 0.820. The predicted octanol–water partition coefficient (Wildman–Crippen LogP) is 2.73. The van der Waals surface area contributed by atoms with Crippen molar-refractivity contribution in [3.05, 3.63) is 0 Å². The number of guanidine groups is 1. The van der Waals surface area contributed by atoms with Crippen molar-refractivity contribution in [1.29, 1.82) is 0 Å². The molecule has 2 rings (SSSR count). The molecule has 1 saturated carbocycles. The van der Waals surface area contributed by atoms with E-state index in [-0.39, 0.29) is 0 Å². The van der Waals surface area contributed by atoms with Crippen molar-refractivity contribution in [1.82, 2.24) is 10.2 Å². The first-order valence-electron chi connectivity index (χ1n) is 7.72. The van der Waals surface area contributed by atoms with E-state index in [2.05, 4.69) is 31.0 Å². The molecule has 2 aliphatic rings. The Morgan fingerprint density at radius 2 is 2.06 bits per heavy atom. The molecular formula is C15H29N3. The fourth-order valence-corrected chi connectivity index (χ4v) is 2.83. The van der Waals surface area contributed by atoms with Crippen LogP contribution >= 0.6 is 0 Å². The highest BCUT2D eigenvalue weighted by molar-refractivity contribution is 5.80. The lowest BCUT2D eigenvalue weighted by Crippen LogP contribution is -2.40. The van der Waals surface area contributed by atoms with Gasteiger partial charge >= 0.3 is 0 Å². The smallest absolute Gasteiger partial charge is 0.193 e. The van der Waals surface area contributed by atoms with E-state index in [1.165, 1.54) is 38.8 Å². The molecule has 1 atom stereocenters. The SMILES string of the molecule is CCNC(=NCC1CC1)N1CCC(CC(C)C)C1. The number of rotatable bonds is 5. The van der Waals surface area contributed by atoms with Crippen molar-refractivity contribution in [2.24, 2.45) is 22.7 Å². The highest BCUT2D eigenvalue weighted by Crippen LogP contribution is 2.29. The van der Waals surface area contributed by atoms with Crippen LogP contribution in [0, 0.1) is 17.8 Å². The van der Waals surface area contributed by atoms with Crippen LogP contribution < -0.4 is 5.32 Å². The number of nitrogens with one attached hydrogen (secondary N) is 1. The zero-order valence-corrected chi connectivity index (χ0v) is 12.3. The molecule has 1 aliphatic carbocycles. The highest BCUT2D eigenvalue weighted by atomic mass is 15.3. The van der Waals surface area contributed by atoms with Gasteiger partial charge in [0, 0.05) is 26.2 Å². The second-order valence-electron chi connectivity index (χ2n) is 6.37. The number of aliphatic imine (C=N–C) groups is 1. The molecule has 0 aromatic rings. The van der Waals surface area contributed by atoms with Crippen LogP contribution in [-0.2, 0) is 0 Å². The van der Waals surface area contributed by atoms with E-state index >= 15 is 0 Å². The third-order valence-corrected chi connectivity index (χ3v) is 3.92. The van der Waals surface area contributed by atoms with Gasteiger partial charge in [-0.1, -0.05) is 13.8 Å². The van der Waals surface area contributed by atoms with Crippen LogP contribution in [0.3, 0.4) is 0 Å². The van der Waals surface area contributed by atoms with E-state index in [0.29, 0.717) is 0 Å². The van der Waals surface area contributed by atoms with E-state index in [1.54, 1.807) is 0 Å². The number of hydrogen-bond acceptors (Lipinski definition) is 1. The summed E-state index contributed by atoms with van der Waals surface area (Å²) in [5.41, 5.74) is 0. The fraction of sp³-hybridized carbons (Fsp3) is 0.933. The standard InChI is InChI=1S/C15H29N3/c1-4-16-15(17-10-13-5-6-13)18-8-7-14(11-18)9-12(2)3/h12-14H,4-11H2,1-3H3,(H,16,17). The maximum absolute atomic E-state index is 4.80. The lowest BCUT2D eigenvalue weighted by molar-refractivity contribution is 0.403. The molecule has 0 amide bonds. The average molecular weight is 251 g/mol. The minimum Gasteiger partial charge on any atom is -0.357 e. The van der Waals surface area contributed by atoms with Crippen LogP contribution in [-0.4, -0.2) is 37.0 Å². The van der Waals surface area contributed by atoms with E-state index in [1.807, 2.05) is 0 Å². The maximum atomic E-state index is 4.80. The summed E-state index contributed by atoms with van der Waals surface area (Å²) in [5, 5.41) is 3.46. The molecule has 3 nitrogen and oxygen atoms in total. The number of nitrogens with zero attached hydrogens (tertiary/aromatic N) is 2. The lowest BCUT2D eigenvalue weighted by atomic mass is 9.97. The maximum Gasteiger partial charge on any atom is 0.193 e. The summed E-state index contributed by atoms with van der Waals surface area (Å²) < 4.78 is 0. The zero-order valence-electron chi connectivity index (χ0n) is 12.3. The summed E-state index contributed by atoms with van der Waals surface area (Å²) in [5.74, 6) is 3.74. The van der Waals surface area contributed by atoms with Crippen LogP contribution in [0.5, 0.6) is 0 Å². The van der Waals surface area contributed by atoms with Gasteiger partial charge in [0.2, 0.25) is 0 Å². The van der Waals surface area contributed by atoms with Gasteiger partial charge in [-0.05, 0) is 50.4 Å². The molecule has 1 unspecified atom stereocenters. The Balaban J connectivity index is 1.84. The first-order chi connectivity index (χ1) is 8.69. The van der Waals surface area contributed by atoms with Gasteiger partial charge in [0.1, 0.15) is 0 Å². The topological polar surface area (TPSA) is 27.6 Å². The summed E-state index contributed by atoms with van der Waals surface area (Å²) in [4.78, 5) is 7.27. The molecule has 0 radical (unpaired) electrons. The molecule has 0 aromatic heterocycles. The molecule has 0 spiro atoms. The molecule has 1 saturated heterocycles. The summed E-state index contributed by atoms with van der Waals surface area (Å²) >= 11 is 0. The molecule has 18 heavy (non-hydrogen) atoms. The summed E-state index contributed by atoms with van der Waals surface area (Å²) in [7, 11) is 0. The second-order valence-corrected chi connectivity index (χ2v) is 6.37. The van der Waals surface area contributed by atoms with Crippen molar-refractivity contribution in [2.45, 2.75) is 46.5 Å². The molecule has 1 N–H and O–H groups in total. The van der Waals surface area contributed by atoms with E-state index in [0.717, 1.165) is 36.8 Å². The van der Waals surface area contributed by atoms with Crippen LogP contribution in [0.4, 0.5) is 0 Å². The molecule has 3 heteroatoms. The van der Waals surface area contributed by atoms with Gasteiger partial charge in [-0.2, -0.15) is 0 Å². The molecule has 1 heterocycles. The third kappa shape index (κ3) is 4.18. The number of hydrogen-bond donors (Lipinski definition) is 1. The lowest BCUT2D eigenvalue weighted by Gasteiger charge is -2.22. The van der Waals surface area contributed by atoms with Crippen LogP contribution in [0.1, 0.15) is 46.5 Å².